The number of nitrogen functional groups attached to an aromatic ring is 1. The Labute approximate surface area is 161 Å². The molecule has 1 aromatic heterocycles. The predicted octanol–water partition coefficient (Wildman–Crippen LogP) is 2.41. The second-order valence-electron chi connectivity index (χ2n) is 6.27. The van der Waals surface area contributed by atoms with Gasteiger partial charge in [0.25, 0.3) is 6.43 Å². The number of hydrogen-bond donors (Lipinski definition) is 1. The predicted molar refractivity (Wildman–Crippen MR) is 93.0 cm³/mol. The molecule has 2 saturated heterocycles. The molecular formula is C13H16ClF3N3O5PS. The zero-order chi connectivity index (χ0) is 20.1. The first-order valence-corrected chi connectivity index (χ1v) is 10.7. The van der Waals surface area contributed by atoms with Crippen molar-refractivity contribution < 1.29 is 31.5 Å². The molecule has 2 aliphatic rings. The van der Waals surface area contributed by atoms with Crippen LogP contribution in [0.2, 0.25) is 5.02 Å². The lowest BCUT2D eigenvalue weighted by molar-refractivity contribution is -0.204. The molecule has 0 aromatic carbocycles. The summed E-state index contributed by atoms with van der Waals surface area (Å²) in [6.45, 7) is -0.964. The Kier molecular flexibility index (Phi) is 5.63. The van der Waals surface area contributed by atoms with E-state index in [9.17, 15) is 13.6 Å². The molecule has 3 rings (SSSR count). The number of nitrogens with two attached hydrogens (primary N) is 1. The number of aromatic nitrogens is 2. The van der Waals surface area contributed by atoms with E-state index in [4.69, 9.17) is 47.4 Å². The van der Waals surface area contributed by atoms with Crippen LogP contribution in [0.4, 0.5) is 19.0 Å². The molecule has 0 amide bonds. The van der Waals surface area contributed by atoms with Gasteiger partial charge < -0.3 is 19.5 Å². The Balaban J connectivity index is 2.00. The Morgan fingerprint density at radius 3 is 2.81 bits per heavy atom. The fraction of sp³-hybridized carbons (Fsp3) is 0.692. The quantitative estimate of drug-likeness (QED) is 0.700. The zero-order valence-electron chi connectivity index (χ0n) is 14.1. The van der Waals surface area contributed by atoms with Crippen LogP contribution in [0.1, 0.15) is 20.1 Å². The lowest BCUT2D eigenvalue weighted by Gasteiger charge is -2.41. The maximum absolute atomic E-state index is 15.1. The maximum atomic E-state index is 15.1. The lowest BCUT2D eigenvalue weighted by Crippen LogP contribution is -2.55. The van der Waals surface area contributed by atoms with Gasteiger partial charge in [-0.3, -0.25) is 9.09 Å². The summed E-state index contributed by atoms with van der Waals surface area (Å²) < 4.78 is 64.6. The number of hydrogen-bond acceptors (Lipinski definition) is 8. The molecule has 0 radical (unpaired) electrons. The van der Waals surface area contributed by atoms with E-state index in [1.165, 1.54) is 0 Å². The van der Waals surface area contributed by atoms with Gasteiger partial charge in [0, 0.05) is 6.20 Å². The van der Waals surface area contributed by atoms with Crippen molar-refractivity contribution in [1.82, 2.24) is 9.55 Å². The van der Waals surface area contributed by atoms with Crippen LogP contribution in [0, 0.1) is 0 Å². The van der Waals surface area contributed by atoms with Gasteiger partial charge in [-0.15, -0.1) is 0 Å². The molecule has 0 aliphatic carbocycles. The normalized spacial score (nSPS) is 36.4. The van der Waals surface area contributed by atoms with Crippen molar-refractivity contribution in [1.29, 1.82) is 0 Å². The molecule has 152 valence electrons. The molecular weight excluding hydrogens is 434 g/mol. The first-order valence-electron chi connectivity index (χ1n) is 7.74. The Morgan fingerprint density at radius 1 is 1.56 bits per heavy atom. The SMILES string of the molecule is CC(C)OP1(=S)OC[C@@]2(C(F)F)O[C@H](n3cc(Cl)c(N)nc3=O)[C@H](F)[C@@H]2O1. The van der Waals surface area contributed by atoms with Crippen molar-refractivity contribution in [3.63, 3.8) is 0 Å². The summed E-state index contributed by atoms with van der Waals surface area (Å²) in [5.41, 5.74) is 1.92. The van der Waals surface area contributed by atoms with Gasteiger partial charge in [-0.2, -0.15) is 4.98 Å². The third-order valence-electron chi connectivity index (χ3n) is 3.99. The summed E-state index contributed by atoms with van der Waals surface area (Å²) in [5, 5.41) is -0.170. The second-order valence-corrected chi connectivity index (χ2v) is 9.60. The average Bonchev–Trinajstić information content (AvgIpc) is 2.84. The molecule has 0 bridgehead atoms. The highest BCUT2D eigenvalue weighted by molar-refractivity contribution is 8.07. The molecule has 1 unspecified atom stereocenters. The van der Waals surface area contributed by atoms with Gasteiger partial charge in [-0.05, 0) is 25.7 Å². The number of nitrogens with zero attached hydrogens (tertiary/aromatic N) is 2. The molecule has 1 aromatic rings. The summed E-state index contributed by atoms with van der Waals surface area (Å²) in [5.74, 6) is -0.285. The summed E-state index contributed by atoms with van der Waals surface area (Å²) in [4.78, 5) is 15.5. The summed E-state index contributed by atoms with van der Waals surface area (Å²) in [6.07, 6.45) is -8.47. The monoisotopic (exact) mass is 449 g/mol. The van der Waals surface area contributed by atoms with Gasteiger partial charge in [0.1, 0.15) is 11.9 Å². The van der Waals surface area contributed by atoms with E-state index in [1.54, 1.807) is 13.8 Å². The van der Waals surface area contributed by atoms with E-state index in [2.05, 4.69) is 4.98 Å². The minimum absolute atomic E-state index is 0.170. The Morgan fingerprint density at radius 2 is 2.22 bits per heavy atom. The van der Waals surface area contributed by atoms with Crippen molar-refractivity contribution in [2.75, 3.05) is 12.3 Å². The van der Waals surface area contributed by atoms with Crippen LogP contribution < -0.4 is 11.4 Å². The largest absolute Gasteiger partial charge is 0.382 e. The standard InChI is InChI=1S/C13H16ClF3N3O5PS/c1-5(2)24-26(27)22-4-13(11(16)17)8(25-26)7(15)10(23-13)20-3-6(14)9(18)19-12(20)21/h3,5,7-8,10-11H,4H2,1-2H3,(H2,18,19,21)/t7-,8+,10+,13-,26?/m1/s1. The highest BCUT2D eigenvalue weighted by Gasteiger charge is 2.67. The third-order valence-corrected chi connectivity index (χ3v) is 6.73. The minimum Gasteiger partial charge on any atom is -0.382 e. The van der Waals surface area contributed by atoms with Crippen LogP contribution in [0.5, 0.6) is 0 Å². The fourth-order valence-electron chi connectivity index (χ4n) is 2.79. The summed E-state index contributed by atoms with van der Waals surface area (Å²) >= 11 is 10.9. The minimum atomic E-state index is -3.48. The third kappa shape index (κ3) is 3.64. The number of fused-ring (bicyclic) bond motifs is 1. The topological polar surface area (TPSA) is 97.8 Å². The van der Waals surface area contributed by atoms with E-state index >= 15 is 4.39 Å². The first kappa shape index (κ1) is 21.0. The van der Waals surface area contributed by atoms with E-state index in [1.807, 2.05) is 0 Å². The second kappa shape index (κ2) is 7.25. The van der Waals surface area contributed by atoms with Crippen molar-refractivity contribution in [2.24, 2.45) is 0 Å². The molecule has 14 heteroatoms. The maximum Gasteiger partial charge on any atom is 0.351 e. The van der Waals surface area contributed by atoms with Gasteiger partial charge >= 0.3 is 12.4 Å². The van der Waals surface area contributed by atoms with Crippen LogP contribution in [-0.4, -0.2) is 46.6 Å². The average molecular weight is 450 g/mol. The Bertz CT molecular complexity index is 846. The summed E-state index contributed by atoms with van der Waals surface area (Å²) in [7, 11) is 0. The number of halogens is 4. The van der Waals surface area contributed by atoms with Crippen LogP contribution in [0.3, 0.4) is 0 Å². The van der Waals surface area contributed by atoms with Gasteiger partial charge in [0.05, 0.1) is 17.7 Å². The number of anilines is 1. The van der Waals surface area contributed by atoms with E-state index in [0.717, 1.165) is 6.20 Å². The van der Waals surface area contributed by atoms with Crippen LogP contribution in [0.15, 0.2) is 11.0 Å². The first-order chi connectivity index (χ1) is 12.5. The van der Waals surface area contributed by atoms with Crippen molar-refractivity contribution in [2.45, 2.75) is 50.5 Å². The van der Waals surface area contributed by atoms with Crippen molar-refractivity contribution >= 4 is 35.9 Å². The van der Waals surface area contributed by atoms with Gasteiger partial charge in [-0.1, -0.05) is 11.6 Å². The van der Waals surface area contributed by atoms with Gasteiger partial charge in [0.15, 0.2) is 18.0 Å². The molecule has 2 aliphatic heterocycles. The molecule has 3 heterocycles. The number of alkyl halides is 3. The van der Waals surface area contributed by atoms with E-state index in [-0.39, 0.29) is 10.8 Å². The smallest absolute Gasteiger partial charge is 0.351 e. The molecule has 8 nitrogen and oxygen atoms in total. The molecule has 2 fully saturated rings. The highest BCUT2D eigenvalue weighted by atomic mass is 35.5. The molecule has 5 atom stereocenters. The van der Waals surface area contributed by atoms with Gasteiger partial charge in [0.2, 0.25) is 0 Å². The van der Waals surface area contributed by atoms with Crippen LogP contribution >= 0.6 is 18.3 Å². The van der Waals surface area contributed by atoms with Gasteiger partial charge in [-0.25, -0.2) is 18.0 Å². The number of rotatable bonds is 4. The molecule has 0 spiro atoms. The van der Waals surface area contributed by atoms with Crippen LogP contribution in [0.25, 0.3) is 0 Å². The van der Waals surface area contributed by atoms with Crippen molar-refractivity contribution in [3.8, 4) is 0 Å². The molecule has 27 heavy (non-hydrogen) atoms. The van der Waals surface area contributed by atoms with E-state index in [0.29, 0.717) is 4.57 Å². The summed E-state index contributed by atoms with van der Waals surface area (Å²) in [6, 6.07) is 0. The molecule has 0 saturated carbocycles. The fourth-order valence-corrected chi connectivity index (χ4v) is 5.51. The molecule has 2 N–H and O–H groups in total. The lowest BCUT2D eigenvalue weighted by atomic mass is 9.97. The number of ether oxygens (including phenoxy) is 1. The Hall–Kier alpha value is -0.750. The van der Waals surface area contributed by atoms with Crippen molar-refractivity contribution in [3.05, 3.63) is 21.7 Å². The van der Waals surface area contributed by atoms with Crippen LogP contribution in [-0.2, 0) is 30.1 Å². The highest BCUT2D eigenvalue weighted by Crippen LogP contribution is 2.61. The zero-order valence-corrected chi connectivity index (χ0v) is 16.5. The van der Waals surface area contributed by atoms with E-state index < -0.39 is 55.6 Å².